The normalized spacial score (nSPS) is 10.8. The summed E-state index contributed by atoms with van der Waals surface area (Å²) in [5.74, 6) is 0.483. The standard InChI is InChI=1S/C13H7Cl2N3/c14-10-6-2-1-4-8(10)13-17-11(15)9-5-3-7-16-12(9)18-13/h1-7H. The molecule has 0 amide bonds. The minimum absolute atomic E-state index is 0.378. The summed E-state index contributed by atoms with van der Waals surface area (Å²) in [6.07, 6.45) is 1.67. The third kappa shape index (κ3) is 1.92. The molecule has 88 valence electrons. The minimum atomic E-state index is 0.378. The van der Waals surface area contributed by atoms with E-state index in [1.165, 1.54) is 0 Å². The number of hydrogen-bond donors (Lipinski definition) is 0. The zero-order valence-corrected chi connectivity index (χ0v) is 10.7. The molecule has 0 bridgehead atoms. The van der Waals surface area contributed by atoms with E-state index in [9.17, 15) is 0 Å². The third-order valence-electron chi connectivity index (χ3n) is 2.54. The predicted octanol–water partition coefficient (Wildman–Crippen LogP) is 4.00. The van der Waals surface area contributed by atoms with E-state index in [1.54, 1.807) is 18.3 Å². The summed E-state index contributed by atoms with van der Waals surface area (Å²) in [4.78, 5) is 12.8. The smallest absolute Gasteiger partial charge is 0.164 e. The van der Waals surface area contributed by atoms with Crippen LogP contribution in [0.2, 0.25) is 10.2 Å². The Bertz CT molecular complexity index is 728. The minimum Gasteiger partial charge on any atom is -0.236 e. The van der Waals surface area contributed by atoms with Crippen LogP contribution in [-0.4, -0.2) is 15.0 Å². The second-order valence-corrected chi connectivity index (χ2v) is 4.46. The first-order chi connectivity index (χ1) is 8.75. The topological polar surface area (TPSA) is 38.7 Å². The molecule has 18 heavy (non-hydrogen) atoms. The molecule has 0 fully saturated rings. The number of fused-ring (bicyclic) bond motifs is 1. The lowest BCUT2D eigenvalue weighted by Crippen LogP contribution is -1.93. The van der Waals surface area contributed by atoms with Crippen LogP contribution in [0.25, 0.3) is 22.4 Å². The van der Waals surface area contributed by atoms with Gasteiger partial charge in [0.1, 0.15) is 5.15 Å². The van der Waals surface area contributed by atoms with Crippen LogP contribution in [0.3, 0.4) is 0 Å². The van der Waals surface area contributed by atoms with Crippen molar-refractivity contribution in [3.63, 3.8) is 0 Å². The molecule has 3 nitrogen and oxygen atoms in total. The fraction of sp³-hybridized carbons (Fsp3) is 0. The van der Waals surface area contributed by atoms with Crippen molar-refractivity contribution in [3.8, 4) is 11.4 Å². The van der Waals surface area contributed by atoms with Gasteiger partial charge in [-0.2, -0.15) is 0 Å². The highest BCUT2D eigenvalue weighted by Crippen LogP contribution is 2.28. The maximum Gasteiger partial charge on any atom is 0.164 e. The molecule has 0 radical (unpaired) electrons. The Morgan fingerprint density at radius 1 is 0.889 bits per heavy atom. The molecule has 0 saturated heterocycles. The summed E-state index contributed by atoms with van der Waals surface area (Å²) >= 11 is 12.2. The molecule has 2 aromatic heterocycles. The van der Waals surface area contributed by atoms with Gasteiger partial charge in [0.05, 0.1) is 10.4 Å². The maximum absolute atomic E-state index is 6.13. The summed E-state index contributed by atoms with van der Waals surface area (Å²) in [5.41, 5.74) is 1.31. The molecule has 0 saturated carbocycles. The van der Waals surface area contributed by atoms with Crippen LogP contribution in [0, 0.1) is 0 Å². The predicted molar refractivity (Wildman–Crippen MR) is 72.8 cm³/mol. The SMILES string of the molecule is Clc1ccccc1-c1nc(Cl)c2cccnc2n1. The highest BCUT2D eigenvalue weighted by Gasteiger charge is 2.10. The third-order valence-corrected chi connectivity index (χ3v) is 3.16. The van der Waals surface area contributed by atoms with Crippen LogP contribution in [0.1, 0.15) is 0 Å². The number of halogens is 2. The number of rotatable bonds is 1. The van der Waals surface area contributed by atoms with Gasteiger partial charge in [0.15, 0.2) is 11.5 Å². The first kappa shape index (κ1) is 11.4. The lowest BCUT2D eigenvalue weighted by Gasteiger charge is -2.05. The van der Waals surface area contributed by atoms with Crippen molar-refractivity contribution in [2.75, 3.05) is 0 Å². The van der Waals surface area contributed by atoms with Crippen molar-refractivity contribution in [3.05, 3.63) is 52.8 Å². The number of benzene rings is 1. The van der Waals surface area contributed by atoms with E-state index in [4.69, 9.17) is 23.2 Å². The van der Waals surface area contributed by atoms with Gasteiger partial charge in [-0.15, -0.1) is 0 Å². The molecule has 3 aromatic rings. The Labute approximate surface area is 113 Å². The number of nitrogens with zero attached hydrogens (tertiary/aromatic N) is 3. The van der Waals surface area contributed by atoms with Crippen LogP contribution < -0.4 is 0 Å². The molecule has 1 aromatic carbocycles. The van der Waals surface area contributed by atoms with E-state index in [1.807, 2.05) is 24.3 Å². The molecule has 2 heterocycles. The first-order valence-corrected chi connectivity index (χ1v) is 6.04. The second kappa shape index (κ2) is 4.52. The number of hydrogen-bond acceptors (Lipinski definition) is 3. The van der Waals surface area contributed by atoms with Crippen molar-refractivity contribution in [1.82, 2.24) is 15.0 Å². The Morgan fingerprint density at radius 2 is 1.72 bits per heavy atom. The summed E-state index contributed by atoms with van der Waals surface area (Å²) in [6, 6.07) is 11.0. The molecule has 0 aliphatic carbocycles. The van der Waals surface area contributed by atoms with Crippen LogP contribution >= 0.6 is 23.2 Å². The molecule has 0 atom stereocenters. The summed E-state index contributed by atoms with van der Waals surface area (Å²) in [5, 5.41) is 1.70. The van der Waals surface area contributed by atoms with Gasteiger partial charge in [-0.25, -0.2) is 15.0 Å². The molecule has 0 N–H and O–H groups in total. The lowest BCUT2D eigenvalue weighted by atomic mass is 10.2. The van der Waals surface area contributed by atoms with Crippen LogP contribution in [0.4, 0.5) is 0 Å². The number of pyridine rings is 1. The van der Waals surface area contributed by atoms with E-state index < -0.39 is 0 Å². The van der Waals surface area contributed by atoms with Crippen molar-refractivity contribution in [1.29, 1.82) is 0 Å². The van der Waals surface area contributed by atoms with Gasteiger partial charge in [0.25, 0.3) is 0 Å². The monoisotopic (exact) mass is 275 g/mol. The molecular formula is C13H7Cl2N3. The van der Waals surface area contributed by atoms with Crippen LogP contribution in [0.15, 0.2) is 42.6 Å². The van der Waals surface area contributed by atoms with E-state index in [0.717, 1.165) is 10.9 Å². The average Bonchev–Trinajstić information content (AvgIpc) is 2.39. The fourth-order valence-electron chi connectivity index (χ4n) is 1.69. The molecule has 0 unspecified atom stereocenters. The van der Waals surface area contributed by atoms with Crippen molar-refractivity contribution < 1.29 is 0 Å². The van der Waals surface area contributed by atoms with Crippen molar-refractivity contribution in [2.24, 2.45) is 0 Å². The van der Waals surface area contributed by atoms with Crippen LogP contribution in [0.5, 0.6) is 0 Å². The van der Waals surface area contributed by atoms with E-state index in [0.29, 0.717) is 21.6 Å². The molecular weight excluding hydrogens is 269 g/mol. The molecule has 3 rings (SSSR count). The second-order valence-electron chi connectivity index (χ2n) is 3.69. The van der Waals surface area contributed by atoms with Gasteiger partial charge in [-0.3, -0.25) is 0 Å². The quantitative estimate of drug-likeness (QED) is 0.630. The van der Waals surface area contributed by atoms with Gasteiger partial charge in [-0.05, 0) is 24.3 Å². The molecule has 0 aliphatic heterocycles. The van der Waals surface area contributed by atoms with E-state index >= 15 is 0 Å². The van der Waals surface area contributed by atoms with Gasteiger partial charge >= 0.3 is 0 Å². The first-order valence-electron chi connectivity index (χ1n) is 5.29. The molecule has 5 heteroatoms. The molecule has 0 aliphatic rings. The Kier molecular flexibility index (Phi) is 2.86. The van der Waals surface area contributed by atoms with Crippen LogP contribution in [-0.2, 0) is 0 Å². The Morgan fingerprint density at radius 3 is 2.56 bits per heavy atom. The maximum atomic E-state index is 6.13. The van der Waals surface area contributed by atoms with Gasteiger partial charge in [0.2, 0.25) is 0 Å². The highest BCUT2D eigenvalue weighted by molar-refractivity contribution is 6.34. The Balaban J connectivity index is 2.28. The largest absolute Gasteiger partial charge is 0.236 e. The van der Waals surface area contributed by atoms with Gasteiger partial charge in [-0.1, -0.05) is 35.3 Å². The summed E-state index contributed by atoms with van der Waals surface area (Å²) in [6.45, 7) is 0. The van der Waals surface area contributed by atoms with Gasteiger partial charge < -0.3 is 0 Å². The summed E-state index contributed by atoms with van der Waals surface area (Å²) < 4.78 is 0. The highest BCUT2D eigenvalue weighted by atomic mass is 35.5. The zero-order valence-electron chi connectivity index (χ0n) is 9.14. The Hall–Kier alpha value is -1.71. The average molecular weight is 276 g/mol. The number of aromatic nitrogens is 3. The van der Waals surface area contributed by atoms with Crippen molar-refractivity contribution in [2.45, 2.75) is 0 Å². The van der Waals surface area contributed by atoms with E-state index in [2.05, 4.69) is 15.0 Å². The summed E-state index contributed by atoms with van der Waals surface area (Å²) in [7, 11) is 0. The lowest BCUT2D eigenvalue weighted by molar-refractivity contribution is 1.19. The molecule has 0 spiro atoms. The zero-order chi connectivity index (χ0) is 12.5. The fourth-order valence-corrected chi connectivity index (χ4v) is 2.14. The van der Waals surface area contributed by atoms with Crippen molar-refractivity contribution >= 4 is 34.2 Å². The van der Waals surface area contributed by atoms with Gasteiger partial charge in [0, 0.05) is 11.8 Å². The van der Waals surface area contributed by atoms with E-state index in [-0.39, 0.29) is 0 Å².